The third kappa shape index (κ3) is 4.99. The number of aryl methyl sites for hydroxylation is 1. The van der Waals surface area contributed by atoms with E-state index in [1.807, 2.05) is 19.9 Å². The number of rotatable bonds is 6. The lowest BCUT2D eigenvalue weighted by Crippen LogP contribution is -2.37. The average molecular weight is 389 g/mol. The zero-order valence-electron chi connectivity index (χ0n) is 15.6. The molecule has 27 heavy (non-hydrogen) atoms. The SMILES string of the molecule is CCSc1nc(N2CCOCC2)cc(C)c1C(=O)NCc1cccc(F)c1. The van der Waals surface area contributed by atoms with Crippen molar-refractivity contribution in [2.45, 2.75) is 25.4 Å². The second-order valence-electron chi connectivity index (χ2n) is 6.32. The molecule has 5 nitrogen and oxygen atoms in total. The molecule has 1 aromatic carbocycles. The Hall–Kier alpha value is -2.12. The van der Waals surface area contributed by atoms with Gasteiger partial charge in [-0.2, -0.15) is 0 Å². The number of anilines is 1. The molecular formula is C20H24FN3O2S. The van der Waals surface area contributed by atoms with Crippen LogP contribution in [0.25, 0.3) is 0 Å². The number of carbonyl (C=O) groups is 1. The first-order valence-corrected chi connectivity index (χ1v) is 10.1. The van der Waals surface area contributed by atoms with Gasteiger partial charge < -0.3 is 15.0 Å². The summed E-state index contributed by atoms with van der Waals surface area (Å²) < 4.78 is 18.7. The third-order valence-corrected chi connectivity index (χ3v) is 5.21. The van der Waals surface area contributed by atoms with Gasteiger partial charge in [0, 0.05) is 19.6 Å². The maximum absolute atomic E-state index is 13.3. The highest BCUT2D eigenvalue weighted by molar-refractivity contribution is 7.99. The van der Waals surface area contributed by atoms with Crippen LogP contribution in [0.5, 0.6) is 0 Å². The summed E-state index contributed by atoms with van der Waals surface area (Å²) in [5.74, 6) is 1.21. The van der Waals surface area contributed by atoms with Crippen molar-refractivity contribution in [3.05, 3.63) is 52.8 Å². The first-order chi connectivity index (χ1) is 13.1. The number of hydrogen-bond acceptors (Lipinski definition) is 5. The number of ether oxygens (including phenoxy) is 1. The molecule has 7 heteroatoms. The number of nitrogens with one attached hydrogen (secondary N) is 1. The second-order valence-corrected chi connectivity index (χ2v) is 7.58. The van der Waals surface area contributed by atoms with E-state index in [4.69, 9.17) is 9.72 Å². The highest BCUT2D eigenvalue weighted by Gasteiger charge is 2.20. The van der Waals surface area contributed by atoms with E-state index < -0.39 is 0 Å². The Morgan fingerprint density at radius 3 is 2.81 bits per heavy atom. The molecule has 0 unspecified atom stereocenters. The highest BCUT2D eigenvalue weighted by Crippen LogP contribution is 2.28. The molecule has 1 aliphatic rings. The van der Waals surface area contributed by atoms with Crippen LogP contribution in [0.4, 0.5) is 10.2 Å². The molecule has 1 amide bonds. The van der Waals surface area contributed by atoms with Crippen molar-refractivity contribution in [3.8, 4) is 0 Å². The normalized spacial score (nSPS) is 14.3. The molecule has 2 aromatic rings. The minimum Gasteiger partial charge on any atom is -0.378 e. The quantitative estimate of drug-likeness (QED) is 0.768. The van der Waals surface area contributed by atoms with E-state index in [9.17, 15) is 9.18 Å². The summed E-state index contributed by atoms with van der Waals surface area (Å²) in [6.07, 6.45) is 0. The molecule has 144 valence electrons. The molecule has 0 saturated carbocycles. The minimum absolute atomic E-state index is 0.186. The molecule has 3 rings (SSSR count). The molecule has 0 atom stereocenters. The van der Waals surface area contributed by atoms with E-state index in [1.54, 1.807) is 23.9 Å². The van der Waals surface area contributed by atoms with E-state index in [0.717, 1.165) is 40.8 Å². The van der Waals surface area contributed by atoms with E-state index in [-0.39, 0.29) is 18.3 Å². The summed E-state index contributed by atoms with van der Waals surface area (Å²) >= 11 is 1.56. The van der Waals surface area contributed by atoms with Crippen LogP contribution in [0, 0.1) is 12.7 Å². The Morgan fingerprint density at radius 1 is 1.33 bits per heavy atom. The minimum atomic E-state index is -0.309. The topological polar surface area (TPSA) is 54.5 Å². The van der Waals surface area contributed by atoms with Crippen molar-refractivity contribution in [3.63, 3.8) is 0 Å². The smallest absolute Gasteiger partial charge is 0.254 e. The van der Waals surface area contributed by atoms with Gasteiger partial charge in [-0.25, -0.2) is 9.37 Å². The fourth-order valence-corrected chi connectivity index (χ4v) is 3.85. The van der Waals surface area contributed by atoms with Crippen LogP contribution < -0.4 is 10.2 Å². The fraction of sp³-hybridized carbons (Fsp3) is 0.400. The first kappa shape index (κ1) is 19.6. The molecule has 0 spiro atoms. The molecule has 0 radical (unpaired) electrons. The van der Waals surface area contributed by atoms with Gasteiger partial charge >= 0.3 is 0 Å². The van der Waals surface area contributed by atoms with E-state index >= 15 is 0 Å². The Morgan fingerprint density at radius 2 is 2.11 bits per heavy atom. The Kier molecular flexibility index (Phi) is 6.68. The zero-order valence-corrected chi connectivity index (χ0v) is 16.4. The second kappa shape index (κ2) is 9.19. The van der Waals surface area contributed by atoms with Gasteiger partial charge in [0.05, 0.1) is 18.8 Å². The molecule has 0 aliphatic carbocycles. The van der Waals surface area contributed by atoms with Crippen molar-refractivity contribution in [2.75, 3.05) is 37.0 Å². The predicted octanol–water partition coefficient (Wildman–Crippen LogP) is 3.41. The van der Waals surface area contributed by atoms with Crippen molar-refractivity contribution in [1.82, 2.24) is 10.3 Å². The summed E-state index contributed by atoms with van der Waals surface area (Å²) in [5.41, 5.74) is 2.21. The van der Waals surface area contributed by atoms with Crippen LogP contribution in [0.3, 0.4) is 0 Å². The molecule has 1 aliphatic heterocycles. The van der Waals surface area contributed by atoms with Gasteiger partial charge in [-0.15, -0.1) is 11.8 Å². The van der Waals surface area contributed by atoms with Crippen LogP contribution in [-0.4, -0.2) is 42.9 Å². The van der Waals surface area contributed by atoms with Crippen LogP contribution in [0.1, 0.15) is 28.4 Å². The largest absolute Gasteiger partial charge is 0.378 e. The van der Waals surface area contributed by atoms with E-state index in [0.29, 0.717) is 18.8 Å². The lowest BCUT2D eigenvalue weighted by Gasteiger charge is -2.28. The number of carbonyl (C=O) groups excluding carboxylic acids is 1. The number of morpholine rings is 1. The number of benzene rings is 1. The monoisotopic (exact) mass is 389 g/mol. The molecule has 1 aromatic heterocycles. The summed E-state index contributed by atoms with van der Waals surface area (Å²) in [4.78, 5) is 19.7. The van der Waals surface area contributed by atoms with Crippen molar-refractivity contribution < 1.29 is 13.9 Å². The number of pyridine rings is 1. The first-order valence-electron chi connectivity index (χ1n) is 9.08. The Labute approximate surface area is 163 Å². The number of thioether (sulfide) groups is 1. The number of amides is 1. The van der Waals surface area contributed by atoms with Crippen molar-refractivity contribution in [2.24, 2.45) is 0 Å². The maximum atomic E-state index is 13.3. The van der Waals surface area contributed by atoms with Crippen molar-refractivity contribution >= 4 is 23.5 Å². The molecule has 1 saturated heterocycles. The summed E-state index contributed by atoms with van der Waals surface area (Å²) in [6.45, 7) is 7.22. The Balaban J connectivity index is 1.81. The molecule has 1 N–H and O–H groups in total. The maximum Gasteiger partial charge on any atom is 0.254 e. The van der Waals surface area contributed by atoms with Gasteiger partial charge in [0.25, 0.3) is 5.91 Å². The van der Waals surface area contributed by atoms with Crippen LogP contribution in [0.15, 0.2) is 35.4 Å². The molecule has 1 fully saturated rings. The van der Waals surface area contributed by atoms with Crippen LogP contribution >= 0.6 is 11.8 Å². The van der Waals surface area contributed by atoms with E-state index in [2.05, 4.69) is 10.2 Å². The standard InChI is InChI=1S/C20H24FN3O2S/c1-3-27-20-18(19(25)22-13-15-5-4-6-16(21)12-15)14(2)11-17(23-20)24-7-9-26-10-8-24/h4-6,11-12H,3,7-10,13H2,1-2H3,(H,22,25). The lowest BCUT2D eigenvalue weighted by atomic mass is 10.1. The summed E-state index contributed by atoms with van der Waals surface area (Å²) in [7, 11) is 0. The lowest BCUT2D eigenvalue weighted by molar-refractivity contribution is 0.0946. The summed E-state index contributed by atoms with van der Waals surface area (Å²) in [6, 6.07) is 8.20. The molecule has 0 bridgehead atoms. The predicted molar refractivity (Wildman–Crippen MR) is 106 cm³/mol. The zero-order chi connectivity index (χ0) is 19.2. The number of halogens is 1. The summed E-state index contributed by atoms with van der Waals surface area (Å²) in [5, 5.41) is 3.62. The average Bonchev–Trinajstić information content (AvgIpc) is 2.67. The van der Waals surface area contributed by atoms with Gasteiger partial charge in [-0.1, -0.05) is 19.1 Å². The highest BCUT2D eigenvalue weighted by atomic mass is 32.2. The van der Waals surface area contributed by atoms with Gasteiger partial charge in [-0.05, 0) is 42.0 Å². The van der Waals surface area contributed by atoms with Crippen LogP contribution in [-0.2, 0) is 11.3 Å². The number of aromatic nitrogens is 1. The Bertz CT molecular complexity index is 810. The van der Waals surface area contributed by atoms with Gasteiger partial charge in [0.1, 0.15) is 16.7 Å². The van der Waals surface area contributed by atoms with Gasteiger partial charge in [0.2, 0.25) is 0 Å². The van der Waals surface area contributed by atoms with E-state index in [1.165, 1.54) is 12.1 Å². The molecular weight excluding hydrogens is 365 g/mol. The van der Waals surface area contributed by atoms with Gasteiger partial charge in [-0.3, -0.25) is 4.79 Å². The van der Waals surface area contributed by atoms with Crippen LogP contribution in [0.2, 0.25) is 0 Å². The van der Waals surface area contributed by atoms with Crippen molar-refractivity contribution in [1.29, 1.82) is 0 Å². The third-order valence-electron chi connectivity index (χ3n) is 4.36. The number of hydrogen-bond donors (Lipinski definition) is 1. The number of nitrogens with zero attached hydrogens (tertiary/aromatic N) is 2. The van der Waals surface area contributed by atoms with Gasteiger partial charge in [0.15, 0.2) is 0 Å². The fourth-order valence-electron chi connectivity index (χ4n) is 3.02. The molecule has 2 heterocycles.